The number of hydrogen-bond acceptors (Lipinski definition) is 5. The minimum atomic E-state index is -0.343. The quantitative estimate of drug-likeness (QED) is 0.617. The number of carbonyl (C=O) groups excluding carboxylic acids is 2. The predicted molar refractivity (Wildman–Crippen MR) is 127 cm³/mol. The number of hydrogen-bond donors (Lipinski definition) is 0. The van der Waals surface area contributed by atoms with Crippen molar-refractivity contribution >= 4 is 34.7 Å². The zero-order valence-electron chi connectivity index (χ0n) is 18.7. The van der Waals surface area contributed by atoms with Crippen molar-refractivity contribution < 1.29 is 14.3 Å². The molecule has 2 aliphatic rings. The monoisotopic (exact) mass is 453 g/mol. The normalized spacial score (nSPS) is 17.7. The van der Waals surface area contributed by atoms with Gasteiger partial charge in [-0.2, -0.15) is 0 Å². The second-order valence-electron chi connectivity index (χ2n) is 8.23. The topological polar surface area (TPSA) is 53.1 Å². The first-order valence-corrected chi connectivity index (χ1v) is 11.4. The van der Waals surface area contributed by atoms with Gasteiger partial charge in [0, 0.05) is 31.2 Å². The van der Waals surface area contributed by atoms with Gasteiger partial charge >= 0.3 is 0 Å². The summed E-state index contributed by atoms with van der Waals surface area (Å²) in [5.74, 6) is -0.147. The van der Waals surface area contributed by atoms with E-state index in [9.17, 15) is 9.59 Å². The third kappa shape index (κ3) is 4.25. The van der Waals surface area contributed by atoms with Crippen LogP contribution in [-0.4, -0.2) is 60.4 Å². The van der Waals surface area contributed by atoms with Crippen LogP contribution < -0.4 is 9.64 Å². The summed E-state index contributed by atoms with van der Waals surface area (Å²) in [6.45, 7) is 10.0. The summed E-state index contributed by atoms with van der Waals surface area (Å²) < 4.78 is 5.92. The van der Waals surface area contributed by atoms with Gasteiger partial charge in [-0.15, -0.1) is 0 Å². The van der Waals surface area contributed by atoms with Crippen molar-refractivity contribution in [1.82, 2.24) is 9.80 Å². The van der Waals surface area contributed by atoms with Gasteiger partial charge in [-0.3, -0.25) is 9.59 Å². The Kier molecular flexibility index (Phi) is 6.53. The Morgan fingerprint density at radius 3 is 2.22 bits per heavy atom. The van der Waals surface area contributed by atoms with Crippen molar-refractivity contribution in [2.24, 2.45) is 0 Å². The standard InChI is InChI=1S/C25H28ClN3O3/c1-4-27-13-15-28(16-14-27)23-22(18-9-11-19(26)12-10-18)24(30)29(25(23)31)20-7-5-6-8-21(20)32-17(2)3/h5-12,17H,4,13-16H2,1-3H3. The number of para-hydroxylation sites is 2. The number of amides is 2. The number of anilines is 1. The van der Waals surface area contributed by atoms with Crippen LogP contribution in [0.3, 0.4) is 0 Å². The number of piperazine rings is 1. The molecule has 168 valence electrons. The van der Waals surface area contributed by atoms with E-state index in [1.165, 1.54) is 4.90 Å². The van der Waals surface area contributed by atoms with Gasteiger partial charge in [0.05, 0.1) is 17.4 Å². The van der Waals surface area contributed by atoms with Crippen LogP contribution in [0.4, 0.5) is 5.69 Å². The number of rotatable bonds is 6. The van der Waals surface area contributed by atoms with Crippen LogP contribution in [0.5, 0.6) is 5.75 Å². The molecule has 0 saturated carbocycles. The number of nitrogens with zero attached hydrogens (tertiary/aromatic N) is 3. The smallest absolute Gasteiger partial charge is 0.282 e. The molecule has 0 aromatic heterocycles. The van der Waals surface area contributed by atoms with Crippen LogP contribution in [0.2, 0.25) is 5.02 Å². The molecule has 2 heterocycles. The summed E-state index contributed by atoms with van der Waals surface area (Å²) >= 11 is 6.08. The highest BCUT2D eigenvalue weighted by Crippen LogP contribution is 2.39. The minimum absolute atomic E-state index is 0.0887. The summed E-state index contributed by atoms with van der Waals surface area (Å²) in [5.41, 5.74) is 2.01. The van der Waals surface area contributed by atoms with Crippen LogP contribution in [0, 0.1) is 0 Å². The maximum Gasteiger partial charge on any atom is 0.282 e. The predicted octanol–water partition coefficient (Wildman–Crippen LogP) is 4.05. The molecular weight excluding hydrogens is 426 g/mol. The Bertz CT molecular complexity index is 1040. The lowest BCUT2D eigenvalue weighted by molar-refractivity contribution is -0.120. The van der Waals surface area contributed by atoms with Crippen molar-refractivity contribution in [3.63, 3.8) is 0 Å². The first kappa shape index (κ1) is 22.4. The van der Waals surface area contributed by atoms with E-state index in [2.05, 4.69) is 11.8 Å². The molecule has 0 unspecified atom stereocenters. The Morgan fingerprint density at radius 1 is 0.938 bits per heavy atom. The van der Waals surface area contributed by atoms with E-state index < -0.39 is 0 Å². The lowest BCUT2D eigenvalue weighted by atomic mass is 10.0. The van der Waals surface area contributed by atoms with Gasteiger partial charge < -0.3 is 14.5 Å². The Labute approximate surface area is 194 Å². The molecular formula is C25H28ClN3O3. The average Bonchev–Trinajstić information content (AvgIpc) is 3.04. The lowest BCUT2D eigenvalue weighted by Gasteiger charge is -2.36. The van der Waals surface area contributed by atoms with Crippen LogP contribution in [0.25, 0.3) is 5.57 Å². The van der Waals surface area contributed by atoms with Gasteiger partial charge in [-0.05, 0) is 50.2 Å². The minimum Gasteiger partial charge on any atom is -0.489 e. The third-order valence-electron chi connectivity index (χ3n) is 5.80. The molecule has 2 aromatic rings. The number of carbonyl (C=O) groups is 2. The van der Waals surface area contributed by atoms with Crippen LogP contribution in [0.15, 0.2) is 54.2 Å². The molecule has 1 fully saturated rings. The van der Waals surface area contributed by atoms with Crippen molar-refractivity contribution in [3.05, 3.63) is 64.8 Å². The number of imide groups is 1. The summed E-state index contributed by atoms with van der Waals surface area (Å²) in [4.78, 5) is 33.1. The number of benzene rings is 2. The first-order chi connectivity index (χ1) is 15.4. The molecule has 4 rings (SSSR count). The van der Waals surface area contributed by atoms with Crippen molar-refractivity contribution in [3.8, 4) is 5.75 Å². The van der Waals surface area contributed by atoms with Gasteiger partial charge in [-0.25, -0.2) is 4.90 Å². The third-order valence-corrected chi connectivity index (χ3v) is 6.05. The van der Waals surface area contributed by atoms with E-state index in [4.69, 9.17) is 16.3 Å². The molecule has 32 heavy (non-hydrogen) atoms. The van der Waals surface area contributed by atoms with Gasteiger partial charge in [0.15, 0.2) is 0 Å². The average molecular weight is 454 g/mol. The Balaban J connectivity index is 1.78. The van der Waals surface area contributed by atoms with E-state index in [-0.39, 0.29) is 17.9 Å². The fourth-order valence-corrected chi connectivity index (χ4v) is 4.32. The molecule has 0 aliphatic carbocycles. The molecule has 2 aliphatic heterocycles. The maximum atomic E-state index is 13.8. The molecule has 0 spiro atoms. The highest BCUT2D eigenvalue weighted by atomic mass is 35.5. The SMILES string of the molecule is CCN1CCN(C2=C(c3ccc(Cl)cc3)C(=O)N(c3ccccc3OC(C)C)C2=O)CC1. The van der Waals surface area contributed by atoms with E-state index in [1.54, 1.807) is 36.4 Å². The Hall–Kier alpha value is -2.83. The Morgan fingerprint density at radius 2 is 1.59 bits per heavy atom. The molecule has 1 saturated heterocycles. The molecule has 6 nitrogen and oxygen atoms in total. The molecule has 0 bridgehead atoms. The van der Waals surface area contributed by atoms with Crippen LogP contribution in [-0.2, 0) is 9.59 Å². The first-order valence-electron chi connectivity index (χ1n) is 11.0. The molecule has 2 aromatic carbocycles. The largest absolute Gasteiger partial charge is 0.489 e. The van der Waals surface area contributed by atoms with Crippen LogP contribution in [0.1, 0.15) is 26.3 Å². The van der Waals surface area contributed by atoms with Crippen molar-refractivity contribution in [2.45, 2.75) is 26.9 Å². The number of likely N-dealkylation sites (N-methyl/N-ethyl adjacent to an activating group) is 1. The van der Waals surface area contributed by atoms with E-state index in [0.717, 1.165) is 19.6 Å². The van der Waals surface area contributed by atoms with Crippen LogP contribution >= 0.6 is 11.6 Å². The summed E-state index contributed by atoms with van der Waals surface area (Å²) in [5, 5.41) is 0.580. The number of ether oxygens (including phenoxy) is 1. The highest BCUT2D eigenvalue weighted by molar-refractivity contribution is 6.45. The van der Waals surface area contributed by atoms with E-state index in [1.807, 2.05) is 30.9 Å². The fraction of sp³-hybridized carbons (Fsp3) is 0.360. The lowest BCUT2D eigenvalue weighted by Crippen LogP contribution is -2.47. The molecule has 0 radical (unpaired) electrons. The van der Waals surface area contributed by atoms with Gasteiger partial charge in [0.25, 0.3) is 11.8 Å². The van der Waals surface area contributed by atoms with E-state index in [0.29, 0.717) is 46.4 Å². The maximum absolute atomic E-state index is 13.8. The molecule has 2 amide bonds. The van der Waals surface area contributed by atoms with Crippen molar-refractivity contribution in [2.75, 3.05) is 37.6 Å². The second kappa shape index (κ2) is 9.35. The fourth-order valence-electron chi connectivity index (χ4n) is 4.19. The van der Waals surface area contributed by atoms with Gasteiger partial charge in [0.1, 0.15) is 11.4 Å². The van der Waals surface area contributed by atoms with Gasteiger partial charge in [0.2, 0.25) is 0 Å². The molecule has 0 atom stereocenters. The summed E-state index contributed by atoms with van der Waals surface area (Å²) in [7, 11) is 0. The number of halogens is 1. The summed E-state index contributed by atoms with van der Waals surface area (Å²) in [6, 6.07) is 14.3. The molecule has 0 N–H and O–H groups in total. The highest BCUT2D eigenvalue weighted by Gasteiger charge is 2.44. The van der Waals surface area contributed by atoms with E-state index >= 15 is 0 Å². The zero-order chi connectivity index (χ0) is 22.8. The van der Waals surface area contributed by atoms with Crippen molar-refractivity contribution in [1.29, 1.82) is 0 Å². The van der Waals surface area contributed by atoms with Gasteiger partial charge in [-0.1, -0.05) is 42.8 Å². The second-order valence-corrected chi connectivity index (χ2v) is 8.67. The summed E-state index contributed by atoms with van der Waals surface area (Å²) in [6.07, 6.45) is -0.0887. The zero-order valence-corrected chi connectivity index (χ0v) is 19.4. The molecule has 7 heteroatoms.